The summed E-state index contributed by atoms with van der Waals surface area (Å²) in [6.07, 6.45) is 0. The number of halogens is 1. The number of hydrogen-bond acceptors (Lipinski definition) is 5. The summed E-state index contributed by atoms with van der Waals surface area (Å²) in [6.45, 7) is 3.61. The molecule has 1 aliphatic rings. The van der Waals surface area contributed by atoms with E-state index in [0.717, 1.165) is 20.8 Å². The number of nitrogens with zero attached hydrogens (tertiary/aromatic N) is 1. The van der Waals surface area contributed by atoms with Crippen LogP contribution in [-0.2, 0) is 14.3 Å². The molecule has 3 rings (SSSR count). The molecule has 1 atom stereocenters. The number of fused-ring (bicyclic) bond motifs is 1. The second-order valence-corrected chi connectivity index (χ2v) is 6.69. The van der Waals surface area contributed by atoms with Crippen LogP contribution in [0, 0.1) is 11.3 Å². The summed E-state index contributed by atoms with van der Waals surface area (Å²) in [7, 11) is 0. The van der Waals surface area contributed by atoms with Crippen molar-refractivity contribution < 1.29 is 14.3 Å². The zero-order chi connectivity index (χ0) is 18.8. The molecule has 1 aliphatic heterocycles. The van der Waals surface area contributed by atoms with Gasteiger partial charge in [-0.05, 0) is 36.2 Å². The van der Waals surface area contributed by atoms with Gasteiger partial charge in [0.15, 0.2) is 0 Å². The van der Waals surface area contributed by atoms with Crippen LogP contribution in [0.15, 0.2) is 63.7 Å². The van der Waals surface area contributed by atoms with E-state index in [-0.39, 0.29) is 18.1 Å². The van der Waals surface area contributed by atoms with E-state index in [0.29, 0.717) is 11.3 Å². The second-order valence-electron chi connectivity index (χ2n) is 5.84. The number of allylic oxidation sites excluding steroid dienone is 2. The van der Waals surface area contributed by atoms with Crippen molar-refractivity contribution in [3.05, 3.63) is 69.2 Å². The minimum Gasteiger partial charge on any atom is -0.463 e. The van der Waals surface area contributed by atoms with E-state index in [4.69, 9.17) is 15.2 Å². The molecule has 0 amide bonds. The third-order valence-electron chi connectivity index (χ3n) is 4.27. The first kappa shape index (κ1) is 18.0. The van der Waals surface area contributed by atoms with Gasteiger partial charge in [0.25, 0.3) is 0 Å². The van der Waals surface area contributed by atoms with E-state index < -0.39 is 11.9 Å². The molecule has 26 heavy (non-hydrogen) atoms. The van der Waals surface area contributed by atoms with Gasteiger partial charge in [0.05, 0.1) is 18.1 Å². The highest BCUT2D eigenvalue weighted by Gasteiger charge is 2.36. The van der Waals surface area contributed by atoms with E-state index >= 15 is 0 Å². The van der Waals surface area contributed by atoms with Gasteiger partial charge in [-0.1, -0.05) is 46.3 Å². The van der Waals surface area contributed by atoms with Crippen LogP contribution in [0.3, 0.4) is 0 Å². The number of benzene rings is 2. The van der Waals surface area contributed by atoms with Gasteiger partial charge in [0.2, 0.25) is 5.88 Å². The molecule has 132 valence electrons. The summed E-state index contributed by atoms with van der Waals surface area (Å²) in [5, 5.41) is 11.7. The Bertz CT molecular complexity index is 1000. The Balaban J connectivity index is 2.24. The third-order valence-corrected chi connectivity index (χ3v) is 4.92. The molecule has 1 heterocycles. The maximum absolute atomic E-state index is 12.6. The number of nitrogens with two attached hydrogens (primary N) is 1. The van der Waals surface area contributed by atoms with Gasteiger partial charge in [-0.15, -0.1) is 0 Å². The van der Waals surface area contributed by atoms with Crippen LogP contribution in [0.1, 0.15) is 25.3 Å². The summed E-state index contributed by atoms with van der Waals surface area (Å²) in [6, 6.07) is 13.8. The normalized spacial score (nSPS) is 17.1. The number of rotatable bonds is 3. The van der Waals surface area contributed by atoms with Crippen LogP contribution in [0.25, 0.3) is 10.8 Å². The van der Waals surface area contributed by atoms with Gasteiger partial charge in [0.1, 0.15) is 17.4 Å². The summed E-state index contributed by atoms with van der Waals surface area (Å²) < 4.78 is 11.5. The van der Waals surface area contributed by atoms with Gasteiger partial charge in [-0.2, -0.15) is 5.26 Å². The largest absolute Gasteiger partial charge is 0.463 e. The molecule has 2 N–H and O–H groups in total. The lowest BCUT2D eigenvalue weighted by Crippen LogP contribution is -2.25. The zero-order valence-electron chi connectivity index (χ0n) is 14.4. The molecule has 0 saturated carbocycles. The standard InChI is InChI=1S/C20H17BrN2O3/c1-3-25-20(24)17-11(2)26-19(23)15(10-22)18(17)13-8-12-6-4-5-7-14(12)16(21)9-13/h4-9,18H,3,23H2,1-2H3. The summed E-state index contributed by atoms with van der Waals surface area (Å²) in [5.74, 6) is -0.810. The number of hydrogen-bond donors (Lipinski definition) is 1. The average molecular weight is 413 g/mol. The molecule has 0 spiro atoms. The molecule has 0 fully saturated rings. The number of carbonyl (C=O) groups is 1. The molecule has 0 radical (unpaired) electrons. The van der Waals surface area contributed by atoms with Crippen LogP contribution in [0.4, 0.5) is 0 Å². The van der Waals surface area contributed by atoms with E-state index in [1.807, 2.05) is 36.4 Å². The molecule has 1 unspecified atom stereocenters. The Hall–Kier alpha value is -2.78. The van der Waals surface area contributed by atoms with Crippen molar-refractivity contribution in [1.29, 1.82) is 5.26 Å². The topological polar surface area (TPSA) is 85.3 Å². The van der Waals surface area contributed by atoms with Gasteiger partial charge in [-0.25, -0.2) is 4.79 Å². The molecular formula is C20H17BrN2O3. The Morgan fingerprint density at radius 1 is 1.38 bits per heavy atom. The van der Waals surface area contributed by atoms with E-state index in [1.54, 1.807) is 13.8 Å². The van der Waals surface area contributed by atoms with Crippen LogP contribution in [-0.4, -0.2) is 12.6 Å². The lowest BCUT2D eigenvalue weighted by atomic mass is 9.82. The Morgan fingerprint density at radius 3 is 2.81 bits per heavy atom. The first-order chi connectivity index (χ1) is 12.5. The van der Waals surface area contributed by atoms with E-state index in [2.05, 4.69) is 22.0 Å². The quantitative estimate of drug-likeness (QED) is 0.761. The number of ether oxygens (including phenoxy) is 2. The lowest BCUT2D eigenvalue weighted by Gasteiger charge is -2.27. The number of nitriles is 1. The first-order valence-corrected chi connectivity index (χ1v) is 8.90. The smallest absolute Gasteiger partial charge is 0.338 e. The number of carbonyl (C=O) groups excluding carboxylic acids is 1. The van der Waals surface area contributed by atoms with E-state index in [9.17, 15) is 10.1 Å². The predicted molar refractivity (Wildman–Crippen MR) is 102 cm³/mol. The fourth-order valence-electron chi connectivity index (χ4n) is 3.14. The molecule has 0 aliphatic carbocycles. The van der Waals surface area contributed by atoms with Gasteiger partial charge < -0.3 is 15.2 Å². The molecule has 6 heteroatoms. The Kier molecular flexibility index (Phi) is 5.01. The van der Waals surface area contributed by atoms with Crippen molar-refractivity contribution >= 4 is 32.7 Å². The van der Waals surface area contributed by atoms with Gasteiger partial charge >= 0.3 is 5.97 Å². The lowest BCUT2D eigenvalue weighted by molar-refractivity contribution is -0.139. The van der Waals surface area contributed by atoms with Gasteiger partial charge in [-0.3, -0.25) is 0 Å². The fourth-order valence-corrected chi connectivity index (χ4v) is 3.77. The zero-order valence-corrected chi connectivity index (χ0v) is 16.0. The second kappa shape index (κ2) is 7.22. The van der Waals surface area contributed by atoms with Crippen LogP contribution in [0.2, 0.25) is 0 Å². The van der Waals surface area contributed by atoms with Crippen molar-refractivity contribution in [3.8, 4) is 6.07 Å². The molecule has 2 aromatic rings. The number of esters is 1. The summed E-state index contributed by atoms with van der Waals surface area (Å²) >= 11 is 3.58. The average Bonchev–Trinajstić information content (AvgIpc) is 2.61. The van der Waals surface area contributed by atoms with Crippen LogP contribution >= 0.6 is 15.9 Å². The fraction of sp³-hybridized carbons (Fsp3) is 0.200. The highest BCUT2D eigenvalue weighted by atomic mass is 79.9. The Labute approximate surface area is 159 Å². The molecule has 2 aromatic carbocycles. The molecule has 0 saturated heterocycles. The van der Waals surface area contributed by atoms with Crippen molar-refractivity contribution in [3.63, 3.8) is 0 Å². The molecule has 5 nitrogen and oxygen atoms in total. The van der Waals surface area contributed by atoms with Crippen molar-refractivity contribution in [2.24, 2.45) is 5.73 Å². The minimum atomic E-state index is -0.645. The van der Waals surface area contributed by atoms with E-state index in [1.165, 1.54) is 0 Å². The van der Waals surface area contributed by atoms with Crippen molar-refractivity contribution in [1.82, 2.24) is 0 Å². The highest BCUT2D eigenvalue weighted by molar-refractivity contribution is 9.10. The maximum Gasteiger partial charge on any atom is 0.338 e. The SMILES string of the molecule is CCOC(=O)C1=C(C)OC(N)=C(C#N)C1c1cc(Br)c2ccccc2c1. The predicted octanol–water partition coefficient (Wildman–Crippen LogP) is 4.25. The summed E-state index contributed by atoms with van der Waals surface area (Å²) in [5.41, 5.74) is 7.18. The Morgan fingerprint density at radius 2 is 2.12 bits per heavy atom. The third kappa shape index (κ3) is 3.06. The van der Waals surface area contributed by atoms with Crippen molar-refractivity contribution in [2.75, 3.05) is 6.61 Å². The van der Waals surface area contributed by atoms with Crippen LogP contribution in [0.5, 0.6) is 0 Å². The molecule has 0 bridgehead atoms. The monoisotopic (exact) mass is 412 g/mol. The van der Waals surface area contributed by atoms with Crippen LogP contribution < -0.4 is 5.73 Å². The first-order valence-electron chi connectivity index (χ1n) is 8.11. The maximum atomic E-state index is 12.6. The van der Waals surface area contributed by atoms with Gasteiger partial charge in [0, 0.05) is 4.47 Å². The highest BCUT2D eigenvalue weighted by Crippen LogP contribution is 2.41. The molecule has 0 aromatic heterocycles. The van der Waals surface area contributed by atoms with Crippen molar-refractivity contribution in [2.45, 2.75) is 19.8 Å². The molecular weight excluding hydrogens is 396 g/mol. The summed E-state index contributed by atoms with van der Waals surface area (Å²) in [4.78, 5) is 12.6. The minimum absolute atomic E-state index is 0.00679.